The molecule has 114 valence electrons. The van der Waals surface area contributed by atoms with Gasteiger partial charge in [0.15, 0.2) is 0 Å². The number of aryl methyl sites for hydroxylation is 1. The Labute approximate surface area is 131 Å². The fourth-order valence-electron chi connectivity index (χ4n) is 3.14. The Bertz CT molecular complexity index is 575. The quantitative estimate of drug-likeness (QED) is 0.841. The van der Waals surface area contributed by atoms with E-state index in [9.17, 15) is 0 Å². The number of ether oxygens (including phenoxy) is 1. The van der Waals surface area contributed by atoms with Crippen molar-refractivity contribution >= 4 is 11.3 Å². The lowest BCUT2D eigenvalue weighted by atomic mass is 10.1. The second kappa shape index (κ2) is 6.77. The van der Waals surface area contributed by atoms with Gasteiger partial charge >= 0.3 is 0 Å². The summed E-state index contributed by atoms with van der Waals surface area (Å²) in [5.41, 5.74) is 1.43. The number of thiophene rings is 1. The van der Waals surface area contributed by atoms with Crippen LogP contribution in [-0.4, -0.2) is 29.7 Å². The normalized spacial score (nSPS) is 19.4. The van der Waals surface area contributed by atoms with E-state index in [-0.39, 0.29) is 0 Å². The average Bonchev–Trinajstić information content (AvgIpc) is 3.02. The van der Waals surface area contributed by atoms with Gasteiger partial charge in [0.1, 0.15) is 0 Å². The molecule has 0 unspecified atom stereocenters. The molecule has 0 aromatic carbocycles. The van der Waals surface area contributed by atoms with E-state index in [1.54, 1.807) is 7.11 Å². The fraction of sp³-hybridized carbons (Fsp3) is 0.529. The van der Waals surface area contributed by atoms with E-state index in [0.717, 1.165) is 39.2 Å². The van der Waals surface area contributed by atoms with Crippen LogP contribution < -0.4 is 0 Å². The van der Waals surface area contributed by atoms with Crippen LogP contribution in [-0.2, 0) is 24.4 Å². The largest absolute Gasteiger partial charge is 0.385 e. The van der Waals surface area contributed by atoms with E-state index in [0.29, 0.717) is 5.92 Å². The number of hydrogen-bond donors (Lipinski definition) is 0. The molecule has 1 aliphatic heterocycles. The van der Waals surface area contributed by atoms with Gasteiger partial charge in [-0.15, -0.1) is 11.3 Å². The molecule has 2 aromatic heterocycles. The van der Waals surface area contributed by atoms with Gasteiger partial charge in [-0.2, -0.15) is 0 Å². The fourth-order valence-corrected chi connectivity index (χ4v) is 4.08. The van der Waals surface area contributed by atoms with E-state index in [1.807, 2.05) is 11.3 Å². The molecule has 0 aliphatic carbocycles. The highest BCUT2D eigenvalue weighted by Crippen LogP contribution is 2.23. The molecule has 2 aromatic rings. The van der Waals surface area contributed by atoms with Crippen LogP contribution >= 0.6 is 11.3 Å². The molecule has 0 radical (unpaired) electrons. The minimum atomic E-state index is 0.666. The van der Waals surface area contributed by atoms with Crippen molar-refractivity contribution in [2.75, 3.05) is 20.3 Å². The first kappa shape index (κ1) is 14.8. The van der Waals surface area contributed by atoms with E-state index >= 15 is 0 Å². The molecular formula is C17H24N2OS. The lowest BCUT2D eigenvalue weighted by Crippen LogP contribution is -2.27. The second-order valence-electron chi connectivity index (χ2n) is 5.98. The predicted octanol–water partition coefficient (Wildman–Crippen LogP) is 3.53. The van der Waals surface area contributed by atoms with Gasteiger partial charge in [0.05, 0.1) is 0 Å². The number of fused-ring (bicyclic) bond motifs is 1. The van der Waals surface area contributed by atoms with Crippen LogP contribution in [0.3, 0.4) is 0 Å². The summed E-state index contributed by atoms with van der Waals surface area (Å²) in [6.07, 6.45) is 3.35. The maximum absolute atomic E-state index is 5.29. The molecule has 21 heavy (non-hydrogen) atoms. The zero-order chi connectivity index (χ0) is 14.7. The van der Waals surface area contributed by atoms with Crippen LogP contribution in [0.2, 0.25) is 0 Å². The molecule has 0 fully saturated rings. The van der Waals surface area contributed by atoms with Crippen molar-refractivity contribution < 1.29 is 4.74 Å². The SMILES string of the molecule is COCC[C@@H]1CN(Cc2ccc(C)s2)Cc2cccn2C1. The molecule has 4 heteroatoms. The van der Waals surface area contributed by atoms with Gasteiger partial charge in [0, 0.05) is 61.5 Å². The first-order valence-electron chi connectivity index (χ1n) is 7.65. The molecular weight excluding hydrogens is 280 g/mol. The topological polar surface area (TPSA) is 17.4 Å². The molecule has 3 rings (SSSR count). The maximum Gasteiger partial charge on any atom is 0.0466 e. The molecule has 0 saturated carbocycles. The predicted molar refractivity (Wildman–Crippen MR) is 87.6 cm³/mol. The molecule has 0 saturated heterocycles. The summed E-state index contributed by atoms with van der Waals surface area (Å²) >= 11 is 1.92. The van der Waals surface area contributed by atoms with Gasteiger partial charge in [-0.05, 0) is 43.5 Å². The van der Waals surface area contributed by atoms with Crippen LogP contribution in [0, 0.1) is 12.8 Å². The van der Waals surface area contributed by atoms with Gasteiger partial charge < -0.3 is 9.30 Å². The minimum Gasteiger partial charge on any atom is -0.385 e. The Morgan fingerprint density at radius 1 is 1.29 bits per heavy atom. The number of aromatic nitrogens is 1. The summed E-state index contributed by atoms with van der Waals surface area (Å²) in [4.78, 5) is 5.46. The average molecular weight is 304 g/mol. The van der Waals surface area contributed by atoms with Gasteiger partial charge in [-0.25, -0.2) is 0 Å². The van der Waals surface area contributed by atoms with Crippen molar-refractivity contribution in [3.05, 3.63) is 45.9 Å². The Hall–Kier alpha value is -1.10. The highest BCUT2D eigenvalue weighted by atomic mass is 32.1. The molecule has 1 aliphatic rings. The van der Waals surface area contributed by atoms with Crippen molar-refractivity contribution in [2.24, 2.45) is 5.92 Å². The Morgan fingerprint density at radius 2 is 2.19 bits per heavy atom. The van der Waals surface area contributed by atoms with Crippen molar-refractivity contribution in [1.29, 1.82) is 0 Å². The number of methoxy groups -OCH3 is 1. The van der Waals surface area contributed by atoms with Crippen LogP contribution in [0.5, 0.6) is 0 Å². The molecule has 3 heterocycles. The first-order chi connectivity index (χ1) is 10.2. The number of nitrogens with zero attached hydrogens (tertiary/aromatic N) is 2. The third kappa shape index (κ3) is 3.76. The molecule has 0 N–H and O–H groups in total. The second-order valence-corrected chi connectivity index (χ2v) is 7.35. The van der Waals surface area contributed by atoms with Crippen LogP contribution in [0.4, 0.5) is 0 Å². The van der Waals surface area contributed by atoms with E-state index in [1.165, 1.54) is 15.4 Å². The molecule has 1 atom stereocenters. The summed E-state index contributed by atoms with van der Waals surface area (Å²) < 4.78 is 7.70. The van der Waals surface area contributed by atoms with Crippen molar-refractivity contribution in [1.82, 2.24) is 9.47 Å². The summed E-state index contributed by atoms with van der Waals surface area (Å²) in [7, 11) is 1.80. The van der Waals surface area contributed by atoms with Crippen molar-refractivity contribution in [2.45, 2.75) is 33.0 Å². The molecule has 0 bridgehead atoms. The zero-order valence-electron chi connectivity index (χ0n) is 12.9. The van der Waals surface area contributed by atoms with Crippen LogP contribution in [0.1, 0.15) is 21.9 Å². The number of rotatable bonds is 5. The van der Waals surface area contributed by atoms with Gasteiger partial charge in [-0.1, -0.05) is 0 Å². The summed E-state index contributed by atoms with van der Waals surface area (Å²) in [6, 6.07) is 8.92. The van der Waals surface area contributed by atoms with Crippen molar-refractivity contribution in [3.63, 3.8) is 0 Å². The lowest BCUT2D eigenvalue weighted by Gasteiger charge is -2.23. The van der Waals surface area contributed by atoms with Gasteiger partial charge in [-0.3, -0.25) is 4.90 Å². The standard InChI is InChI=1S/C17H24N2OS/c1-14-5-6-17(21-14)13-18-10-15(7-9-20-2)11-19-8-3-4-16(19)12-18/h3-6,8,15H,7,9-13H2,1-2H3/t15-/m1/s1. The number of hydrogen-bond acceptors (Lipinski definition) is 3. The third-order valence-electron chi connectivity index (χ3n) is 4.19. The van der Waals surface area contributed by atoms with E-state index in [2.05, 4.69) is 46.9 Å². The highest BCUT2D eigenvalue weighted by molar-refractivity contribution is 7.11. The zero-order valence-corrected chi connectivity index (χ0v) is 13.7. The van der Waals surface area contributed by atoms with Crippen LogP contribution in [0.15, 0.2) is 30.5 Å². The summed E-state index contributed by atoms with van der Waals surface area (Å²) in [5, 5.41) is 0. The van der Waals surface area contributed by atoms with Gasteiger partial charge in [0.2, 0.25) is 0 Å². The smallest absolute Gasteiger partial charge is 0.0466 e. The van der Waals surface area contributed by atoms with E-state index in [4.69, 9.17) is 4.74 Å². The third-order valence-corrected chi connectivity index (χ3v) is 5.17. The van der Waals surface area contributed by atoms with Crippen molar-refractivity contribution in [3.8, 4) is 0 Å². The van der Waals surface area contributed by atoms with Crippen LogP contribution in [0.25, 0.3) is 0 Å². The van der Waals surface area contributed by atoms with Gasteiger partial charge in [0.25, 0.3) is 0 Å². The summed E-state index contributed by atoms with van der Waals surface area (Å²) in [5.74, 6) is 0.666. The monoisotopic (exact) mass is 304 g/mol. The Balaban J connectivity index is 1.73. The lowest BCUT2D eigenvalue weighted by molar-refractivity contribution is 0.152. The van der Waals surface area contributed by atoms with E-state index < -0.39 is 0 Å². The molecule has 0 spiro atoms. The minimum absolute atomic E-state index is 0.666. The summed E-state index contributed by atoms with van der Waals surface area (Å²) in [6.45, 7) is 7.42. The molecule has 0 amide bonds. The maximum atomic E-state index is 5.29. The Kier molecular flexibility index (Phi) is 4.78. The first-order valence-corrected chi connectivity index (χ1v) is 8.47. The Morgan fingerprint density at radius 3 is 2.95 bits per heavy atom. The highest BCUT2D eigenvalue weighted by Gasteiger charge is 2.21. The molecule has 3 nitrogen and oxygen atoms in total.